The van der Waals surface area contributed by atoms with Gasteiger partial charge in [0.2, 0.25) is 5.91 Å². The molecule has 1 saturated heterocycles. The first-order valence-electron chi connectivity index (χ1n) is 10.2. The first-order valence-corrected chi connectivity index (χ1v) is 11.0. The topological polar surface area (TPSA) is 54.4 Å². The monoisotopic (exact) mass is 471 g/mol. The summed E-state index contributed by atoms with van der Waals surface area (Å²) in [6, 6.07) is 15.9. The lowest BCUT2D eigenvalue weighted by atomic mass is 9.98. The number of hydrogen-bond donors (Lipinski definition) is 0. The molecule has 2 heterocycles. The van der Waals surface area contributed by atoms with Crippen molar-refractivity contribution < 1.29 is 14.3 Å². The average molecular weight is 472 g/mol. The van der Waals surface area contributed by atoms with E-state index in [1.54, 1.807) is 12.1 Å². The van der Waals surface area contributed by atoms with E-state index in [4.69, 9.17) is 14.6 Å². The van der Waals surface area contributed by atoms with Gasteiger partial charge >= 0.3 is 0 Å². The molecule has 1 amide bonds. The lowest BCUT2D eigenvalue weighted by Gasteiger charge is -2.27. The van der Waals surface area contributed by atoms with Crippen molar-refractivity contribution in [2.45, 2.75) is 18.9 Å². The number of benzene rings is 2. The molecular formula is C23H26BrN3O3. The first-order chi connectivity index (χ1) is 14.6. The normalized spacial score (nSPS) is 19.6. The van der Waals surface area contributed by atoms with Crippen LogP contribution < -0.4 is 4.74 Å². The maximum absolute atomic E-state index is 13.2. The molecule has 0 N–H and O–H groups in total. The van der Waals surface area contributed by atoms with Crippen LogP contribution in [-0.4, -0.2) is 61.5 Å². The number of rotatable bonds is 6. The number of hydrazone groups is 1. The maximum Gasteiger partial charge on any atom is 0.244 e. The molecule has 2 aromatic carbocycles. The molecule has 0 spiro atoms. The molecule has 0 aromatic heterocycles. The molecular weight excluding hydrogens is 446 g/mol. The van der Waals surface area contributed by atoms with Gasteiger partial charge in [-0.2, -0.15) is 5.10 Å². The van der Waals surface area contributed by atoms with Crippen molar-refractivity contribution in [3.8, 4) is 5.75 Å². The number of hydrogen-bond acceptors (Lipinski definition) is 5. The van der Waals surface area contributed by atoms with E-state index in [9.17, 15) is 4.79 Å². The van der Waals surface area contributed by atoms with Crippen LogP contribution in [-0.2, 0) is 9.53 Å². The summed E-state index contributed by atoms with van der Waals surface area (Å²) in [5.41, 5.74) is 3.04. The van der Waals surface area contributed by atoms with E-state index in [1.807, 2.05) is 48.5 Å². The van der Waals surface area contributed by atoms with Gasteiger partial charge in [-0.05, 0) is 35.4 Å². The van der Waals surface area contributed by atoms with Gasteiger partial charge in [0.25, 0.3) is 0 Å². The second-order valence-corrected chi connectivity index (χ2v) is 8.40. The van der Waals surface area contributed by atoms with Gasteiger partial charge in [-0.3, -0.25) is 9.69 Å². The standard InChI is InChI=1S/C23H26BrN3O3/c1-29-20-8-4-18(5-9-20)22-16-21(17-2-6-19(24)7-3-17)25-27(22)23(28)10-11-26-12-14-30-15-13-26/h2-9,22H,10-16H2,1H3/t22-/m0/s1. The molecule has 7 heteroatoms. The Balaban J connectivity index is 1.53. The van der Waals surface area contributed by atoms with Crippen LogP contribution in [0.4, 0.5) is 0 Å². The summed E-state index contributed by atoms with van der Waals surface area (Å²) in [6.45, 7) is 3.96. The van der Waals surface area contributed by atoms with E-state index in [0.717, 1.165) is 59.9 Å². The molecule has 30 heavy (non-hydrogen) atoms. The number of halogens is 1. The number of methoxy groups -OCH3 is 1. The number of nitrogens with zero attached hydrogens (tertiary/aromatic N) is 3. The Labute approximate surface area is 185 Å². The van der Waals surface area contributed by atoms with Crippen LogP contribution in [0.2, 0.25) is 0 Å². The summed E-state index contributed by atoms with van der Waals surface area (Å²) < 4.78 is 11.7. The Bertz CT molecular complexity index is 893. The fourth-order valence-electron chi connectivity index (χ4n) is 3.84. The van der Waals surface area contributed by atoms with Gasteiger partial charge in [-0.15, -0.1) is 0 Å². The fourth-order valence-corrected chi connectivity index (χ4v) is 4.10. The molecule has 158 valence electrons. The molecule has 1 atom stereocenters. The van der Waals surface area contributed by atoms with E-state index >= 15 is 0 Å². The quantitative estimate of drug-likeness (QED) is 0.641. The van der Waals surface area contributed by atoms with Crippen molar-refractivity contribution in [2.75, 3.05) is 40.0 Å². The summed E-state index contributed by atoms with van der Waals surface area (Å²) in [4.78, 5) is 15.4. The Morgan fingerprint density at radius 1 is 1.13 bits per heavy atom. The third-order valence-corrected chi connectivity index (χ3v) is 6.12. The molecule has 0 bridgehead atoms. The highest BCUT2D eigenvalue weighted by molar-refractivity contribution is 9.10. The van der Waals surface area contributed by atoms with Crippen LogP contribution >= 0.6 is 15.9 Å². The fraction of sp³-hybridized carbons (Fsp3) is 0.391. The molecule has 0 saturated carbocycles. The predicted octanol–water partition coefficient (Wildman–Crippen LogP) is 3.86. The van der Waals surface area contributed by atoms with Crippen LogP contribution in [0.3, 0.4) is 0 Å². The minimum absolute atomic E-state index is 0.0504. The van der Waals surface area contributed by atoms with Crippen LogP contribution in [0.5, 0.6) is 5.75 Å². The van der Waals surface area contributed by atoms with Crippen LogP contribution in [0.1, 0.15) is 30.0 Å². The van der Waals surface area contributed by atoms with Gasteiger partial charge in [0.15, 0.2) is 0 Å². The van der Waals surface area contributed by atoms with Gasteiger partial charge in [-0.25, -0.2) is 5.01 Å². The molecule has 0 radical (unpaired) electrons. The summed E-state index contributed by atoms with van der Waals surface area (Å²) in [5.74, 6) is 0.852. The molecule has 2 aromatic rings. The molecule has 6 nitrogen and oxygen atoms in total. The van der Waals surface area contributed by atoms with Crippen LogP contribution in [0.25, 0.3) is 0 Å². The van der Waals surface area contributed by atoms with Crippen molar-refractivity contribution in [3.05, 3.63) is 64.1 Å². The number of morpholine rings is 1. The minimum Gasteiger partial charge on any atom is -0.497 e. The predicted molar refractivity (Wildman–Crippen MR) is 120 cm³/mol. The molecule has 2 aliphatic heterocycles. The third-order valence-electron chi connectivity index (χ3n) is 5.59. The highest BCUT2D eigenvalue weighted by Gasteiger charge is 2.33. The van der Waals surface area contributed by atoms with Crippen LogP contribution in [0.15, 0.2) is 58.1 Å². The van der Waals surface area contributed by atoms with Gasteiger partial charge in [-0.1, -0.05) is 40.2 Å². The van der Waals surface area contributed by atoms with Gasteiger partial charge < -0.3 is 9.47 Å². The smallest absolute Gasteiger partial charge is 0.244 e. The first kappa shape index (κ1) is 21.0. The molecule has 2 aliphatic rings. The molecule has 0 unspecified atom stereocenters. The number of ether oxygens (including phenoxy) is 2. The van der Waals surface area contributed by atoms with E-state index in [0.29, 0.717) is 12.8 Å². The number of carbonyl (C=O) groups is 1. The zero-order valence-electron chi connectivity index (χ0n) is 17.1. The Hall–Kier alpha value is -2.22. The van der Waals surface area contributed by atoms with E-state index in [-0.39, 0.29) is 11.9 Å². The maximum atomic E-state index is 13.2. The second-order valence-electron chi connectivity index (χ2n) is 7.49. The Morgan fingerprint density at radius 3 is 2.50 bits per heavy atom. The highest BCUT2D eigenvalue weighted by Crippen LogP contribution is 2.34. The van der Waals surface area contributed by atoms with E-state index in [2.05, 4.69) is 20.8 Å². The van der Waals surface area contributed by atoms with Crippen molar-refractivity contribution in [1.82, 2.24) is 9.91 Å². The Kier molecular flexibility index (Phi) is 6.82. The van der Waals surface area contributed by atoms with Crippen molar-refractivity contribution in [3.63, 3.8) is 0 Å². The molecule has 1 fully saturated rings. The second kappa shape index (κ2) is 9.73. The highest BCUT2D eigenvalue weighted by atomic mass is 79.9. The largest absolute Gasteiger partial charge is 0.497 e. The van der Waals surface area contributed by atoms with Crippen molar-refractivity contribution in [2.24, 2.45) is 5.10 Å². The molecule has 4 rings (SSSR count). The number of carbonyl (C=O) groups excluding carboxylic acids is 1. The lowest BCUT2D eigenvalue weighted by Crippen LogP contribution is -2.39. The van der Waals surface area contributed by atoms with Crippen molar-refractivity contribution in [1.29, 1.82) is 0 Å². The zero-order valence-corrected chi connectivity index (χ0v) is 18.7. The van der Waals surface area contributed by atoms with Gasteiger partial charge in [0.1, 0.15) is 5.75 Å². The minimum atomic E-state index is -0.105. The Morgan fingerprint density at radius 2 is 1.83 bits per heavy atom. The third kappa shape index (κ3) is 4.91. The lowest BCUT2D eigenvalue weighted by molar-refractivity contribution is -0.133. The number of amides is 1. The summed E-state index contributed by atoms with van der Waals surface area (Å²) in [5, 5.41) is 6.44. The van der Waals surface area contributed by atoms with Crippen molar-refractivity contribution >= 4 is 27.5 Å². The molecule has 0 aliphatic carbocycles. The average Bonchev–Trinajstić information content (AvgIpc) is 3.24. The van der Waals surface area contributed by atoms with Gasteiger partial charge in [0, 0.05) is 36.9 Å². The summed E-state index contributed by atoms with van der Waals surface area (Å²) >= 11 is 3.48. The SMILES string of the molecule is COc1ccc([C@@H]2CC(c3ccc(Br)cc3)=NN2C(=O)CCN2CCOCC2)cc1. The van der Waals surface area contributed by atoms with E-state index in [1.165, 1.54) is 0 Å². The van der Waals surface area contributed by atoms with Crippen LogP contribution in [0, 0.1) is 0 Å². The summed E-state index contributed by atoms with van der Waals surface area (Å²) in [7, 11) is 1.65. The summed E-state index contributed by atoms with van der Waals surface area (Å²) in [6.07, 6.45) is 1.14. The van der Waals surface area contributed by atoms with E-state index < -0.39 is 0 Å². The van der Waals surface area contributed by atoms with Gasteiger partial charge in [0.05, 0.1) is 32.1 Å². The zero-order chi connectivity index (χ0) is 20.9.